The smallest absolute Gasteiger partial charge is 0.407 e. The largest absolute Gasteiger partial charge is 0.447 e. The van der Waals surface area contributed by atoms with Gasteiger partial charge in [0, 0.05) is 0 Å². The van der Waals surface area contributed by atoms with Crippen molar-refractivity contribution in [2.24, 2.45) is 5.41 Å². The summed E-state index contributed by atoms with van der Waals surface area (Å²) in [6.07, 6.45) is 0.646. The van der Waals surface area contributed by atoms with E-state index in [9.17, 15) is 4.79 Å². The van der Waals surface area contributed by atoms with Gasteiger partial charge < -0.3 is 10.1 Å². The van der Waals surface area contributed by atoms with Gasteiger partial charge in [-0.1, -0.05) is 20.8 Å². The Bertz CT molecular complexity index is 195. The minimum atomic E-state index is -0.290. The van der Waals surface area contributed by atoms with Gasteiger partial charge >= 0.3 is 6.09 Å². The number of hydrogen-bond donors (Lipinski definition) is 1. The fraction of sp³-hybridized carbons (Fsp3) is 0.889. The van der Waals surface area contributed by atoms with E-state index in [1.54, 1.807) is 0 Å². The van der Waals surface area contributed by atoms with E-state index in [4.69, 9.17) is 4.74 Å². The zero-order valence-corrected chi connectivity index (χ0v) is 8.23. The van der Waals surface area contributed by atoms with E-state index < -0.39 is 0 Å². The predicted molar refractivity (Wildman–Crippen MR) is 47.0 cm³/mol. The summed E-state index contributed by atoms with van der Waals surface area (Å²) in [4.78, 5) is 10.8. The van der Waals surface area contributed by atoms with Crippen LogP contribution in [0.3, 0.4) is 0 Å². The Morgan fingerprint density at radius 1 is 1.58 bits per heavy atom. The Hall–Kier alpha value is -0.730. The molecule has 1 amide bonds. The number of rotatable bonds is 1. The van der Waals surface area contributed by atoms with Crippen LogP contribution in [0.2, 0.25) is 0 Å². The molecule has 70 valence electrons. The zero-order chi connectivity index (χ0) is 9.41. The first-order valence-corrected chi connectivity index (χ1v) is 4.26. The predicted octanol–water partition coefficient (Wildman–Crippen LogP) is 1.92. The van der Waals surface area contributed by atoms with Crippen LogP contribution in [0.4, 0.5) is 4.79 Å². The van der Waals surface area contributed by atoms with Gasteiger partial charge in [-0.3, -0.25) is 0 Å². The highest BCUT2D eigenvalue weighted by molar-refractivity contribution is 5.70. The van der Waals surface area contributed by atoms with Crippen LogP contribution < -0.4 is 5.32 Å². The monoisotopic (exact) mass is 171 g/mol. The number of carbonyl (C=O) groups is 1. The summed E-state index contributed by atoms with van der Waals surface area (Å²) >= 11 is 0. The second-order valence-corrected chi connectivity index (χ2v) is 5.00. The molecule has 1 saturated heterocycles. The molecule has 12 heavy (non-hydrogen) atoms. The number of nitrogens with one attached hydrogen (secondary N) is 1. The van der Waals surface area contributed by atoms with Crippen LogP contribution in [0.25, 0.3) is 0 Å². The Kier molecular flexibility index (Phi) is 2.06. The molecule has 3 heteroatoms. The molecule has 0 aliphatic carbocycles. The normalized spacial score (nSPS) is 29.8. The van der Waals surface area contributed by atoms with E-state index in [1.807, 2.05) is 6.92 Å². The van der Waals surface area contributed by atoms with Gasteiger partial charge in [0.05, 0.1) is 5.54 Å². The van der Waals surface area contributed by atoms with E-state index in [0.717, 1.165) is 6.42 Å². The first-order chi connectivity index (χ1) is 5.31. The molecule has 1 N–H and O–H groups in total. The number of amides is 1. The third kappa shape index (κ3) is 2.40. The molecule has 1 fully saturated rings. The lowest BCUT2D eigenvalue weighted by Gasteiger charge is -2.29. The van der Waals surface area contributed by atoms with Gasteiger partial charge in [0.1, 0.15) is 6.61 Å². The van der Waals surface area contributed by atoms with Crippen LogP contribution in [0.15, 0.2) is 0 Å². The summed E-state index contributed by atoms with van der Waals surface area (Å²) in [5.74, 6) is 0. The minimum absolute atomic E-state index is 0.171. The first kappa shape index (κ1) is 9.36. The van der Waals surface area contributed by atoms with Crippen LogP contribution in [0, 0.1) is 5.41 Å². The van der Waals surface area contributed by atoms with E-state index in [2.05, 4.69) is 26.1 Å². The summed E-state index contributed by atoms with van der Waals surface area (Å²) < 4.78 is 4.86. The van der Waals surface area contributed by atoms with Gasteiger partial charge in [-0.25, -0.2) is 4.79 Å². The van der Waals surface area contributed by atoms with Crippen molar-refractivity contribution in [1.82, 2.24) is 5.32 Å². The maximum Gasteiger partial charge on any atom is 0.407 e. The summed E-state index contributed by atoms with van der Waals surface area (Å²) in [5, 5.41) is 2.83. The topological polar surface area (TPSA) is 38.3 Å². The number of carbonyl (C=O) groups excluding carboxylic acids is 1. The van der Waals surface area contributed by atoms with Crippen LogP contribution in [0.1, 0.15) is 34.1 Å². The number of alkyl carbamates (subject to hydrolysis) is 1. The van der Waals surface area contributed by atoms with E-state index in [0.29, 0.717) is 6.61 Å². The molecule has 0 saturated carbocycles. The van der Waals surface area contributed by atoms with Crippen molar-refractivity contribution in [2.75, 3.05) is 6.61 Å². The van der Waals surface area contributed by atoms with Crippen LogP contribution in [-0.4, -0.2) is 18.2 Å². The molecule has 0 aromatic carbocycles. The Labute approximate surface area is 73.5 Å². The van der Waals surface area contributed by atoms with Gasteiger partial charge in [0.15, 0.2) is 0 Å². The summed E-state index contributed by atoms with van der Waals surface area (Å²) in [7, 11) is 0. The average molecular weight is 171 g/mol. The van der Waals surface area contributed by atoms with Crippen molar-refractivity contribution in [3.8, 4) is 0 Å². The van der Waals surface area contributed by atoms with Crippen LogP contribution in [-0.2, 0) is 4.74 Å². The Morgan fingerprint density at radius 3 is 2.50 bits per heavy atom. The third-order valence-electron chi connectivity index (χ3n) is 1.85. The van der Waals surface area contributed by atoms with Crippen molar-refractivity contribution >= 4 is 6.09 Å². The number of cyclic esters (lactones) is 1. The van der Waals surface area contributed by atoms with E-state index in [-0.39, 0.29) is 17.0 Å². The lowest BCUT2D eigenvalue weighted by Crippen LogP contribution is -2.43. The van der Waals surface area contributed by atoms with Crippen molar-refractivity contribution in [1.29, 1.82) is 0 Å². The highest BCUT2D eigenvalue weighted by atomic mass is 16.6. The molecule has 3 nitrogen and oxygen atoms in total. The standard InChI is InChI=1S/C9H17NO2/c1-8(2,3)5-9(4)6-12-7(11)10-9/h5-6H2,1-4H3,(H,10,11). The zero-order valence-electron chi connectivity index (χ0n) is 8.23. The molecule has 0 aromatic rings. The Morgan fingerprint density at radius 2 is 2.17 bits per heavy atom. The molecule has 1 rings (SSSR count). The second kappa shape index (κ2) is 2.64. The van der Waals surface area contributed by atoms with E-state index in [1.165, 1.54) is 0 Å². The SMILES string of the molecule is CC(C)(C)CC1(C)COC(=O)N1. The number of hydrogen-bond acceptors (Lipinski definition) is 2. The fourth-order valence-electron chi connectivity index (χ4n) is 1.81. The van der Waals surface area contributed by atoms with Crippen molar-refractivity contribution in [3.63, 3.8) is 0 Å². The molecule has 0 aromatic heterocycles. The average Bonchev–Trinajstić information content (AvgIpc) is 2.05. The van der Waals surface area contributed by atoms with Gasteiger partial charge in [-0.15, -0.1) is 0 Å². The lowest BCUT2D eigenvalue weighted by atomic mass is 9.81. The highest BCUT2D eigenvalue weighted by Crippen LogP contribution is 2.29. The fourth-order valence-corrected chi connectivity index (χ4v) is 1.81. The highest BCUT2D eigenvalue weighted by Gasteiger charge is 2.37. The molecular weight excluding hydrogens is 154 g/mol. The molecule has 1 atom stereocenters. The van der Waals surface area contributed by atoms with E-state index >= 15 is 0 Å². The summed E-state index contributed by atoms with van der Waals surface area (Å²) in [5.41, 5.74) is 0.0467. The van der Waals surface area contributed by atoms with Crippen LogP contribution >= 0.6 is 0 Å². The molecule has 1 aliphatic rings. The maximum absolute atomic E-state index is 10.8. The maximum atomic E-state index is 10.8. The van der Waals surface area contributed by atoms with Crippen LogP contribution in [0.5, 0.6) is 0 Å². The molecule has 0 radical (unpaired) electrons. The third-order valence-corrected chi connectivity index (χ3v) is 1.85. The van der Waals surface area contributed by atoms with Gasteiger partial charge in [0.2, 0.25) is 0 Å². The van der Waals surface area contributed by atoms with Gasteiger partial charge in [0.25, 0.3) is 0 Å². The molecule has 0 spiro atoms. The van der Waals surface area contributed by atoms with Gasteiger partial charge in [-0.2, -0.15) is 0 Å². The van der Waals surface area contributed by atoms with Crippen molar-refractivity contribution in [3.05, 3.63) is 0 Å². The quantitative estimate of drug-likeness (QED) is 0.654. The molecule has 1 heterocycles. The lowest BCUT2D eigenvalue weighted by molar-refractivity contribution is 0.166. The minimum Gasteiger partial charge on any atom is -0.447 e. The Balaban J connectivity index is 2.56. The molecule has 1 aliphatic heterocycles. The summed E-state index contributed by atoms with van der Waals surface area (Å²) in [6.45, 7) is 8.97. The van der Waals surface area contributed by atoms with Crippen molar-refractivity contribution in [2.45, 2.75) is 39.7 Å². The summed E-state index contributed by atoms with van der Waals surface area (Å²) in [6, 6.07) is 0. The van der Waals surface area contributed by atoms with Crippen molar-refractivity contribution < 1.29 is 9.53 Å². The molecule has 0 bridgehead atoms. The molecular formula is C9H17NO2. The van der Waals surface area contributed by atoms with Gasteiger partial charge in [-0.05, 0) is 18.8 Å². The molecule has 1 unspecified atom stereocenters. The first-order valence-electron chi connectivity index (χ1n) is 4.26. The number of ether oxygens (including phenoxy) is 1. The second-order valence-electron chi connectivity index (χ2n) is 5.00.